The van der Waals surface area contributed by atoms with Crippen molar-refractivity contribution in [3.8, 4) is 0 Å². The maximum Gasteiger partial charge on any atom is 0.257 e. The van der Waals surface area contributed by atoms with Crippen LogP contribution in [0.1, 0.15) is 18.3 Å². The molecule has 0 aromatic carbocycles. The van der Waals surface area contributed by atoms with Crippen LogP contribution in [0.5, 0.6) is 0 Å². The van der Waals surface area contributed by atoms with Gasteiger partial charge in [0, 0.05) is 32.4 Å². The molecule has 0 unspecified atom stereocenters. The lowest BCUT2D eigenvalue weighted by molar-refractivity contribution is 0.594. The molecule has 2 rings (SSSR count). The smallest absolute Gasteiger partial charge is 0.257 e. The Labute approximate surface area is 112 Å². The van der Waals surface area contributed by atoms with Crippen molar-refractivity contribution < 1.29 is 8.42 Å². The number of primary sulfonamides is 1. The summed E-state index contributed by atoms with van der Waals surface area (Å²) in [5.41, 5.74) is 1.09. The van der Waals surface area contributed by atoms with Gasteiger partial charge in [-0.05, 0) is 12.0 Å². The van der Waals surface area contributed by atoms with Crippen LogP contribution in [0.3, 0.4) is 0 Å². The number of hydrogen-bond acceptors (Lipinski definition) is 4. The summed E-state index contributed by atoms with van der Waals surface area (Å²) >= 11 is 0. The number of nitrogens with two attached hydrogens (primary N) is 1. The number of hydrogen-bond donors (Lipinski definition) is 1. The second kappa shape index (κ2) is 5.14. The van der Waals surface area contributed by atoms with Crippen molar-refractivity contribution in [3.05, 3.63) is 30.0 Å². The molecule has 0 atom stereocenters. The average molecular weight is 283 g/mol. The SMILES string of the molecule is CCc1nc(S(N)(=O)=O)cn1CCc1cnn(C)c1. The first-order valence-electron chi connectivity index (χ1n) is 5.96. The molecule has 2 heterocycles. The Morgan fingerprint density at radius 3 is 2.63 bits per heavy atom. The Balaban J connectivity index is 2.17. The third kappa shape index (κ3) is 3.21. The van der Waals surface area contributed by atoms with Crippen molar-refractivity contribution >= 4 is 10.0 Å². The summed E-state index contributed by atoms with van der Waals surface area (Å²) in [6, 6.07) is 0. The van der Waals surface area contributed by atoms with Crippen LogP contribution < -0.4 is 5.14 Å². The van der Waals surface area contributed by atoms with E-state index in [0.717, 1.165) is 12.0 Å². The van der Waals surface area contributed by atoms with Crippen LogP contribution in [0.15, 0.2) is 23.6 Å². The number of nitrogens with zero attached hydrogens (tertiary/aromatic N) is 4. The molecule has 19 heavy (non-hydrogen) atoms. The highest BCUT2D eigenvalue weighted by Gasteiger charge is 2.15. The fourth-order valence-corrected chi connectivity index (χ4v) is 2.40. The van der Waals surface area contributed by atoms with Gasteiger partial charge < -0.3 is 4.57 Å². The Bertz CT molecular complexity index is 671. The quantitative estimate of drug-likeness (QED) is 0.839. The van der Waals surface area contributed by atoms with E-state index < -0.39 is 10.0 Å². The molecule has 0 saturated heterocycles. The topological polar surface area (TPSA) is 95.8 Å². The monoisotopic (exact) mass is 283 g/mol. The molecule has 2 aromatic rings. The minimum absolute atomic E-state index is 0.0736. The Kier molecular flexibility index (Phi) is 3.72. The van der Waals surface area contributed by atoms with Gasteiger partial charge in [0.25, 0.3) is 10.0 Å². The molecule has 0 aliphatic heterocycles. The molecule has 0 saturated carbocycles. The zero-order valence-electron chi connectivity index (χ0n) is 10.9. The first-order chi connectivity index (χ1) is 8.90. The van der Waals surface area contributed by atoms with Crippen LogP contribution in [0.2, 0.25) is 0 Å². The van der Waals surface area contributed by atoms with E-state index in [4.69, 9.17) is 5.14 Å². The van der Waals surface area contributed by atoms with Crippen LogP contribution in [0, 0.1) is 0 Å². The van der Waals surface area contributed by atoms with Gasteiger partial charge in [-0.1, -0.05) is 6.92 Å². The third-order valence-corrected chi connectivity index (χ3v) is 3.62. The van der Waals surface area contributed by atoms with E-state index >= 15 is 0 Å². The molecule has 0 fully saturated rings. The van der Waals surface area contributed by atoms with Gasteiger partial charge in [-0.15, -0.1) is 0 Å². The first kappa shape index (κ1) is 13.8. The summed E-state index contributed by atoms with van der Waals surface area (Å²) in [5, 5.41) is 9.11. The fraction of sp³-hybridized carbons (Fsp3) is 0.455. The predicted molar refractivity (Wildman–Crippen MR) is 69.9 cm³/mol. The number of imidazole rings is 1. The maximum absolute atomic E-state index is 11.3. The molecule has 0 radical (unpaired) electrons. The van der Waals surface area contributed by atoms with Crippen molar-refractivity contribution in [3.63, 3.8) is 0 Å². The van der Waals surface area contributed by atoms with Crippen LogP contribution in [-0.4, -0.2) is 27.7 Å². The number of aryl methyl sites for hydroxylation is 4. The van der Waals surface area contributed by atoms with Crippen molar-refractivity contribution in [2.24, 2.45) is 12.2 Å². The van der Waals surface area contributed by atoms with Gasteiger partial charge in [0.05, 0.1) is 6.20 Å². The largest absolute Gasteiger partial charge is 0.333 e. The molecule has 0 bridgehead atoms. The summed E-state index contributed by atoms with van der Waals surface area (Å²) in [6.45, 7) is 2.58. The molecule has 0 aliphatic carbocycles. The molecular weight excluding hydrogens is 266 g/mol. The van der Waals surface area contributed by atoms with Crippen molar-refractivity contribution in [1.29, 1.82) is 0 Å². The van der Waals surface area contributed by atoms with Crippen LogP contribution in [0.4, 0.5) is 0 Å². The summed E-state index contributed by atoms with van der Waals surface area (Å²) in [6.07, 6.45) is 6.64. The van der Waals surface area contributed by atoms with Crippen LogP contribution in [0.25, 0.3) is 0 Å². The zero-order valence-corrected chi connectivity index (χ0v) is 11.8. The zero-order chi connectivity index (χ0) is 14.0. The summed E-state index contributed by atoms with van der Waals surface area (Å²) in [5.74, 6) is 0.716. The Morgan fingerprint density at radius 2 is 2.11 bits per heavy atom. The number of sulfonamides is 1. The molecule has 7 nitrogen and oxygen atoms in total. The summed E-state index contributed by atoms with van der Waals surface area (Å²) in [4.78, 5) is 4.05. The highest BCUT2D eigenvalue weighted by Crippen LogP contribution is 2.10. The molecule has 2 N–H and O–H groups in total. The van der Waals surface area contributed by atoms with Gasteiger partial charge in [0.1, 0.15) is 5.82 Å². The molecule has 104 valence electrons. The summed E-state index contributed by atoms with van der Waals surface area (Å²) < 4.78 is 26.1. The molecule has 0 aliphatic rings. The lowest BCUT2D eigenvalue weighted by Crippen LogP contribution is -2.12. The van der Waals surface area contributed by atoms with E-state index in [1.54, 1.807) is 10.9 Å². The molecule has 0 amide bonds. The number of rotatable bonds is 5. The van der Waals surface area contributed by atoms with E-state index in [2.05, 4.69) is 10.1 Å². The predicted octanol–water partition coefficient (Wildman–Crippen LogP) is 0.0691. The maximum atomic E-state index is 11.3. The Morgan fingerprint density at radius 1 is 1.37 bits per heavy atom. The van der Waals surface area contributed by atoms with Crippen molar-refractivity contribution in [2.75, 3.05) is 0 Å². The Hall–Kier alpha value is -1.67. The van der Waals surface area contributed by atoms with Gasteiger partial charge in [0.15, 0.2) is 5.03 Å². The van der Waals surface area contributed by atoms with E-state index in [0.29, 0.717) is 18.8 Å². The molecule has 2 aromatic heterocycles. The fourth-order valence-electron chi connectivity index (χ4n) is 1.89. The molecule has 0 spiro atoms. The van der Waals surface area contributed by atoms with Gasteiger partial charge >= 0.3 is 0 Å². The van der Waals surface area contributed by atoms with Gasteiger partial charge in [-0.2, -0.15) is 5.10 Å². The van der Waals surface area contributed by atoms with E-state index in [-0.39, 0.29) is 5.03 Å². The standard InChI is InChI=1S/C11H17N5O2S/c1-3-10-14-11(19(12,17)18)8-16(10)5-4-9-6-13-15(2)7-9/h6-8H,3-5H2,1-2H3,(H2,12,17,18). The van der Waals surface area contributed by atoms with Gasteiger partial charge in [0.2, 0.25) is 0 Å². The highest BCUT2D eigenvalue weighted by molar-refractivity contribution is 7.89. The summed E-state index contributed by atoms with van der Waals surface area (Å²) in [7, 11) is -1.88. The van der Waals surface area contributed by atoms with Gasteiger partial charge in [-0.25, -0.2) is 18.5 Å². The van der Waals surface area contributed by atoms with Gasteiger partial charge in [-0.3, -0.25) is 4.68 Å². The minimum atomic E-state index is -3.74. The van der Waals surface area contributed by atoms with Crippen molar-refractivity contribution in [1.82, 2.24) is 19.3 Å². The second-order valence-corrected chi connectivity index (χ2v) is 5.87. The number of aromatic nitrogens is 4. The van der Waals surface area contributed by atoms with Crippen LogP contribution in [-0.2, 0) is 36.5 Å². The van der Waals surface area contributed by atoms with E-state index in [1.807, 2.05) is 24.7 Å². The lowest BCUT2D eigenvalue weighted by Gasteiger charge is -2.04. The average Bonchev–Trinajstić information content (AvgIpc) is 2.91. The lowest BCUT2D eigenvalue weighted by atomic mass is 10.2. The third-order valence-electron chi connectivity index (χ3n) is 2.84. The molecule has 8 heteroatoms. The van der Waals surface area contributed by atoms with Crippen LogP contribution >= 0.6 is 0 Å². The second-order valence-electron chi connectivity index (χ2n) is 4.36. The van der Waals surface area contributed by atoms with Crippen molar-refractivity contribution in [2.45, 2.75) is 31.3 Å². The minimum Gasteiger partial charge on any atom is -0.333 e. The van der Waals surface area contributed by atoms with E-state index in [1.165, 1.54) is 6.20 Å². The normalized spacial score (nSPS) is 11.9. The first-order valence-corrected chi connectivity index (χ1v) is 7.51. The highest BCUT2D eigenvalue weighted by atomic mass is 32.2. The van der Waals surface area contributed by atoms with E-state index in [9.17, 15) is 8.42 Å². The molecular formula is C11H17N5O2S.